The third-order valence-electron chi connectivity index (χ3n) is 6.42. The van der Waals surface area contributed by atoms with Gasteiger partial charge in [0.2, 0.25) is 0 Å². The molecule has 7 nitrogen and oxygen atoms in total. The number of nitrogens with one attached hydrogen (secondary N) is 1. The van der Waals surface area contributed by atoms with E-state index in [0.717, 1.165) is 34.0 Å². The molecule has 35 heavy (non-hydrogen) atoms. The first-order chi connectivity index (χ1) is 16.9. The van der Waals surface area contributed by atoms with Gasteiger partial charge in [-0.05, 0) is 86.2 Å². The van der Waals surface area contributed by atoms with Gasteiger partial charge in [-0.2, -0.15) is 0 Å². The first-order valence-electron chi connectivity index (χ1n) is 11.3. The summed E-state index contributed by atoms with van der Waals surface area (Å²) in [6.45, 7) is 4.71. The Hall–Kier alpha value is -4.04. The molecule has 0 amide bonds. The fourth-order valence-electron chi connectivity index (χ4n) is 4.82. The van der Waals surface area contributed by atoms with E-state index in [2.05, 4.69) is 44.7 Å². The minimum atomic E-state index is -0.938. The van der Waals surface area contributed by atoms with Gasteiger partial charge in [0.25, 0.3) is 0 Å². The van der Waals surface area contributed by atoms with Crippen LogP contribution in [0, 0.1) is 13.8 Å². The van der Waals surface area contributed by atoms with E-state index in [9.17, 15) is 9.90 Å². The van der Waals surface area contributed by atoms with Crippen LogP contribution in [0.1, 0.15) is 50.8 Å². The van der Waals surface area contributed by atoms with Crippen molar-refractivity contribution in [3.05, 3.63) is 113 Å². The number of aromatic carboxylic acids is 1. The number of carboxylic acid groups (broad SMARTS) is 1. The second kappa shape index (κ2) is 9.31. The molecular weight excluding hydrogens is 458 g/mol. The molecule has 1 aliphatic rings. The summed E-state index contributed by atoms with van der Waals surface area (Å²) in [6, 6.07) is 20.7. The zero-order valence-electron chi connectivity index (χ0n) is 19.4. The highest BCUT2D eigenvalue weighted by atomic mass is 32.1. The van der Waals surface area contributed by atoms with Crippen LogP contribution in [0.3, 0.4) is 0 Å². The van der Waals surface area contributed by atoms with E-state index in [0.29, 0.717) is 11.7 Å². The van der Waals surface area contributed by atoms with Crippen LogP contribution in [0.5, 0.6) is 0 Å². The van der Waals surface area contributed by atoms with Gasteiger partial charge in [0.15, 0.2) is 5.11 Å². The molecule has 4 aromatic rings. The molecule has 0 saturated carbocycles. The highest BCUT2D eigenvalue weighted by Crippen LogP contribution is 2.42. The number of carbonyl (C=O) groups is 1. The summed E-state index contributed by atoms with van der Waals surface area (Å²) in [5.41, 5.74) is 6.27. The van der Waals surface area contributed by atoms with Crippen molar-refractivity contribution in [2.75, 3.05) is 0 Å². The average Bonchev–Trinajstić information content (AvgIpc) is 3.35. The highest BCUT2D eigenvalue weighted by Gasteiger charge is 2.41. The molecule has 4 heterocycles. The van der Waals surface area contributed by atoms with Crippen LogP contribution in [0.4, 0.5) is 0 Å². The maximum atomic E-state index is 11.3. The smallest absolute Gasteiger partial charge is 0.335 e. The molecule has 1 aliphatic heterocycles. The van der Waals surface area contributed by atoms with Gasteiger partial charge in [0.05, 0.1) is 35.6 Å². The van der Waals surface area contributed by atoms with Crippen LogP contribution in [0.2, 0.25) is 0 Å². The van der Waals surface area contributed by atoms with E-state index in [4.69, 9.17) is 12.2 Å². The number of hydrogen-bond donors (Lipinski definition) is 2. The largest absolute Gasteiger partial charge is 0.478 e. The Kier molecular flexibility index (Phi) is 6.05. The van der Waals surface area contributed by atoms with Gasteiger partial charge in [-0.1, -0.05) is 12.1 Å². The van der Waals surface area contributed by atoms with Gasteiger partial charge in [0, 0.05) is 29.5 Å². The number of benzene rings is 1. The molecule has 2 N–H and O–H groups in total. The number of carboxylic acids is 1. The number of hydrogen-bond acceptors (Lipinski definition) is 4. The van der Waals surface area contributed by atoms with Crippen molar-refractivity contribution in [2.45, 2.75) is 32.5 Å². The summed E-state index contributed by atoms with van der Waals surface area (Å²) in [4.78, 5) is 22.6. The van der Waals surface area contributed by atoms with Gasteiger partial charge >= 0.3 is 5.97 Å². The van der Waals surface area contributed by atoms with Crippen molar-refractivity contribution >= 4 is 23.3 Å². The normalized spacial score (nSPS) is 17.4. The summed E-state index contributed by atoms with van der Waals surface area (Å²) in [6.07, 6.45) is 3.59. The van der Waals surface area contributed by atoms with Crippen molar-refractivity contribution in [3.63, 3.8) is 0 Å². The van der Waals surface area contributed by atoms with Crippen LogP contribution in [-0.2, 0) is 6.54 Å². The van der Waals surface area contributed by atoms with Crippen molar-refractivity contribution in [1.82, 2.24) is 24.8 Å². The van der Waals surface area contributed by atoms with Crippen LogP contribution < -0.4 is 5.32 Å². The van der Waals surface area contributed by atoms with E-state index in [-0.39, 0.29) is 17.6 Å². The van der Waals surface area contributed by atoms with E-state index in [1.807, 2.05) is 48.5 Å². The van der Waals surface area contributed by atoms with Crippen molar-refractivity contribution in [3.8, 4) is 5.69 Å². The van der Waals surface area contributed by atoms with Crippen LogP contribution in [-0.4, -0.2) is 35.6 Å². The Morgan fingerprint density at radius 3 is 2.37 bits per heavy atom. The molecule has 0 aliphatic carbocycles. The standard InChI is InChI=1S/C27H25N5O2S/c1-17-15-22(18(2)32(17)21-11-9-19(10-12-21)26(33)34)25-24(23-8-4-6-14-29-23)30-27(35)31(25)16-20-7-3-5-13-28-20/h3-15,24-25H,16H2,1-2H3,(H,30,35)(H,33,34)/t24-,25-/m1/s1. The van der Waals surface area contributed by atoms with Crippen LogP contribution >= 0.6 is 12.2 Å². The van der Waals surface area contributed by atoms with Gasteiger partial charge in [0.1, 0.15) is 0 Å². The predicted molar refractivity (Wildman–Crippen MR) is 137 cm³/mol. The molecule has 0 spiro atoms. The molecule has 8 heteroatoms. The summed E-state index contributed by atoms with van der Waals surface area (Å²) in [7, 11) is 0. The molecule has 0 radical (unpaired) electrons. The first kappa shape index (κ1) is 22.7. The van der Waals surface area contributed by atoms with Crippen molar-refractivity contribution in [1.29, 1.82) is 0 Å². The lowest BCUT2D eigenvalue weighted by atomic mass is 9.96. The lowest BCUT2D eigenvalue weighted by Crippen LogP contribution is -2.29. The van der Waals surface area contributed by atoms with E-state index < -0.39 is 5.97 Å². The monoisotopic (exact) mass is 483 g/mol. The second-order valence-electron chi connectivity index (χ2n) is 8.59. The average molecular weight is 484 g/mol. The van der Waals surface area contributed by atoms with E-state index in [1.165, 1.54) is 0 Å². The fraction of sp³-hybridized carbons (Fsp3) is 0.185. The summed E-state index contributed by atoms with van der Waals surface area (Å²) in [5, 5.41) is 13.4. The summed E-state index contributed by atoms with van der Waals surface area (Å²) in [5.74, 6) is -0.938. The maximum Gasteiger partial charge on any atom is 0.335 e. The number of rotatable bonds is 6. The zero-order valence-corrected chi connectivity index (χ0v) is 20.2. The molecule has 176 valence electrons. The highest BCUT2D eigenvalue weighted by molar-refractivity contribution is 7.80. The molecular formula is C27H25N5O2S. The van der Waals surface area contributed by atoms with E-state index in [1.54, 1.807) is 24.5 Å². The molecule has 1 aromatic carbocycles. The molecule has 1 saturated heterocycles. The first-order valence-corrected chi connectivity index (χ1v) is 11.8. The molecule has 1 fully saturated rings. The maximum absolute atomic E-state index is 11.3. The third-order valence-corrected chi connectivity index (χ3v) is 6.77. The van der Waals surface area contributed by atoms with Gasteiger partial charge in [-0.15, -0.1) is 0 Å². The lowest BCUT2D eigenvalue weighted by Gasteiger charge is -2.28. The Bertz CT molecular complexity index is 1370. The molecule has 5 rings (SSSR count). The molecule has 0 unspecified atom stereocenters. The second-order valence-corrected chi connectivity index (χ2v) is 8.98. The lowest BCUT2D eigenvalue weighted by molar-refractivity contribution is 0.0697. The quantitative estimate of drug-likeness (QED) is 0.383. The molecule has 2 atom stereocenters. The number of aryl methyl sites for hydroxylation is 1. The molecule has 3 aromatic heterocycles. The van der Waals surface area contributed by atoms with Crippen LogP contribution in [0.15, 0.2) is 79.1 Å². The van der Waals surface area contributed by atoms with Gasteiger partial charge in [-0.25, -0.2) is 4.79 Å². The Morgan fingerprint density at radius 1 is 1.03 bits per heavy atom. The zero-order chi connectivity index (χ0) is 24.5. The number of pyridine rings is 2. The Morgan fingerprint density at radius 2 is 1.74 bits per heavy atom. The predicted octanol–water partition coefficient (Wildman–Crippen LogP) is 4.76. The van der Waals surface area contributed by atoms with Crippen LogP contribution in [0.25, 0.3) is 5.69 Å². The minimum Gasteiger partial charge on any atom is -0.478 e. The van der Waals surface area contributed by atoms with Gasteiger partial charge in [-0.3, -0.25) is 9.97 Å². The van der Waals surface area contributed by atoms with Gasteiger partial charge < -0.3 is 19.9 Å². The Balaban J connectivity index is 1.60. The molecule has 0 bridgehead atoms. The Labute approximate surface area is 209 Å². The minimum absolute atomic E-state index is 0.0994. The SMILES string of the molecule is Cc1cc([C@@H]2[C@@H](c3ccccn3)NC(=S)N2Cc2ccccn2)c(C)n1-c1ccc(C(=O)O)cc1. The summed E-state index contributed by atoms with van der Waals surface area (Å²) < 4.78 is 2.15. The van der Waals surface area contributed by atoms with Crippen molar-refractivity contribution in [2.24, 2.45) is 0 Å². The van der Waals surface area contributed by atoms with Crippen molar-refractivity contribution < 1.29 is 9.90 Å². The topological polar surface area (TPSA) is 83.3 Å². The number of nitrogens with zero attached hydrogens (tertiary/aromatic N) is 4. The number of thiocarbonyl (C=S) groups is 1. The third kappa shape index (κ3) is 4.28. The van der Waals surface area contributed by atoms with E-state index >= 15 is 0 Å². The summed E-state index contributed by atoms with van der Waals surface area (Å²) >= 11 is 5.81. The number of aromatic nitrogens is 3. The fourth-order valence-corrected chi connectivity index (χ4v) is 5.12.